The number of carbonyl (C=O) groups excluding carboxylic acids is 2. The molecule has 1 aliphatic carbocycles. The summed E-state index contributed by atoms with van der Waals surface area (Å²) >= 11 is 3.28. The summed E-state index contributed by atoms with van der Waals surface area (Å²) < 4.78 is 64.7. The van der Waals surface area contributed by atoms with Gasteiger partial charge in [-0.25, -0.2) is 16.8 Å². The van der Waals surface area contributed by atoms with Gasteiger partial charge < -0.3 is 16.2 Å². The van der Waals surface area contributed by atoms with Crippen molar-refractivity contribution in [3.05, 3.63) is 98.5 Å². The van der Waals surface area contributed by atoms with Crippen LogP contribution in [0.1, 0.15) is 62.7 Å². The molecule has 46 heavy (non-hydrogen) atoms. The van der Waals surface area contributed by atoms with Gasteiger partial charge in [0.15, 0.2) is 11.6 Å². The van der Waals surface area contributed by atoms with Crippen LogP contribution in [0.2, 0.25) is 0 Å². The van der Waals surface area contributed by atoms with Crippen molar-refractivity contribution < 1.29 is 31.2 Å². The number of benzene rings is 4. The van der Waals surface area contributed by atoms with E-state index in [2.05, 4.69) is 25.4 Å². The number of anilines is 4. The van der Waals surface area contributed by atoms with E-state index < -0.39 is 31.6 Å². The molecule has 0 heterocycles. The Morgan fingerprint density at radius 2 is 1.13 bits per heavy atom. The van der Waals surface area contributed by atoms with E-state index in [1.165, 1.54) is 36.4 Å². The molecule has 4 aromatic carbocycles. The highest BCUT2D eigenvalue weighted by Crippen LogP contribution is 2.46. The van der Waals surface area contributed by atoms with Gasteiger partial charge in [0, 0.05) is 10.5 Å². The van der Waals surface area contributed by atoms with Crippen LogP contribution in [0.4, 0.5) is 22.7 Å². The maximum absolute atomic E-state index is 14.4. The molecule has 0 amide bonds. The zero-order chi connectivity index (χ0) is 33.6. The van der Waals surface area contributed by atoms with Crippen molar-refractivity contribution in [2.24, 2.45) is 0 Å². The van der Waals surface area contributed by atoms with Crippen molar-refractivity contribution in [3.8, 4) is 5.75 Å². The third kappa shape index (κ3) is 6.07. The maximum Gasteiger partial charge on any atom is 0.261 e. The van der Waals surface area contributed by atoms with Crippen molar-refractivity contribution in [3.63, 3.8) is 0 Å². The van der Waals surface area contributed by atoms with Crippen LogP contribution in [0.5, 0.6) is 5.75 Å². The van der Waals surface area contributed by atoms with E-state index in [0.717, 1.165) is 17.5 Å². The number of sulfonamides is 2. The number of aryl methyl sites for hydroxylation is 2. The predicted octanol–water partition coefficient (Wildman–Crippen LogP) is 5.79. The summed E-state index contributed by atoms with van der Waals surface area (Å²) in [5.74, 6) is -1.69. The molecule has 0 unspecified atom stereocenters. The number of nitrogen functional groups attached to an aromatic ring is 2. The number of rotatable bonds is 10. The van der Waals surface area contributed by atoms with E-state index in [1.54, 1.807) is 38.1 Å². The molecule has 0 spiro atoms. The van der Waals surface area contributed by atoms with Crippen LogP contribution < -0.4 is 25.6 Å². The van der Waals surface area contributed by atoms with E-state index in [0.29, 0.717) is 6.42 Å². The smallest absolute Gasteiger partial charge is 0.261 e. The number of halogens is 1. The minimum Gasteiger partial charge on any atom is -0.491 e. The van der Waals surface area contributed by atoms with E-state index in [4.69, 9.17) is 16.2 Å². The summed E-state index contributed by atoms with van der Waals surface area (Å²) in [4.78, 5) is 28.5. The SMILES string of the molecule is CCCCOc1cc(NS(=O)(=O)c2ccc(C)cc2)c2c(c1N)C(=O)c1c(N)c(Br)cc(NS(=O)(=O)c3ccc(C)cc3)c1C2=O. The average molecular weight is 728 g/mol. The van der Waals surface area contributed by atoms with Crippen LogP contribution in [0, 0.1) is 13.8 Å². The van der Waals surface area contributed by atoms with Gasteiger partial charge in [0.2, 0.25) is 0 Å². The zero-order valence-electron chi connectivity index (χ0n) is 25.1. The number of carbonyl (C=O) groups is 2. The first kappa shape index (κ1) is 33.0. The number of nitrogens with two attached hydrogens (primary N) is 2. The van der Waals surface area contributed by atoms with Crippen molar-refractivity contribution in [2.45, 2.75) is 43.4 Å². The maximum atomic E-state index is 14.4. The summed E-state index contributed by atoms with van der Waals surface area (Å²) in [6.07, 6.45) is 1.43. The van der Waals surface area contributed by atoms with Gasteiger partial charge in [-0.15, -0.1) is 0 Å². The van der Waals surface area contributed by atoms with E-state index in [9.17, 15) is 26.4 Å². The van der Waals surface area contributed by atoms with Crippen molar-refractivity contribution in [1.82, 2.24) is 0 Å². The Balaban J connectivity index is 1.72. The number of fused-ring (bicyclic) bond motifs is 2. The van der Waals surface area contributed by atoms with Crippen LogP contribution in [-0.2, 0) is 20.0 Å². The van der Waals surface area contributed by atoms with Gasteiger partial charge in [-0.2, -0.15) is 0 Å². The molecule has 0 bridgehead atoms. The topological polar surface area (TPSA) is 188 Å². The van der Waals surface area contributed by atoms with Crippen molar-refractivity contribution in [1.29, 1.82) is 0 Å². The molecule has 11 nitrogen and oxygen atoms in total. The second-order valence-corrected chi connectivity index (χ2v) is 15.1. The number of hydrogen-bond donors (Lipinski definition) is 4. The van der Waals surface area contributed by atoms with Gasteiger partial charge in [-0.05, 0) is 66.5 Å². The second kappa shape index (κ2) is 12.4. The molecule has 4 aromatic rings. The second-order valence-electron chi connectivity index (χ2n) is 10.9. The molecule has 0 radical (unpaired) electrons. The Labute approximate surface area is 275 Å². The summed E-state index contributed by atoms with van der Waals surface area (Å²) in [6, 6.07) is 14.6. The fourth-order valence-electron chi connectivity index (χ4n) is 4.98. The molecule has 240 valence electrons. The van der Waals surface area contributed by atoms with E-state index >= 15 is 0 Å². The molecule has 0 saturated carbocycles. The minimum atomic E-state index is -4.28. The van der Waals surface area contributed by atoms with Crippen LogP contribution in [0.25, 0.3) is 0 Å². The Kier molecular flexibility index (Phi) is 8.90. The largest absolute Gasteiger partial charge is 0.491 e. The first-order chi connectivity index (χ1) is 21.7. The minimum absolute atomic E-state index is 0.00716. The van der Waals surface area contributed by atoms with Gasteiger partial charge in [-0.3, -0.25) is 19.0 Å². The molecule has 14 heteroatoms. The van der Waals surface area contributed by atoms with Crippen LogP contribution >= 0.6 is 15.9 Å². The lowest BCUT2D eigenvalue weighted by Crippen LogP contribution is -2.28. The molecule has 6 N–H and O–H groups in total. The van der Waals surface area contributed by atoms with Gasteiger partial charge >= 0.3 is 0 Å². The van der Waals surface area contributed by atoms with Gasteiger partial charge in [0.1, 0.15) is 5.75 Å². The van der Waals surface area contributed by atoms with Gasteiger partial charge in [0.05, 0.1) is 61.4 Å². The highest BCUT2D eigenvalue weighted by atomic mass is 79.9. The molecule has 0 atom stereocenters. The van der Waals surface area contributed by atoms with Crippen LogP contribution in [0.15, 0.2) is 74.9 Å². The Bertz CT molecular complexity index is 2120. The first-order valence-electron chi connectivity index (χ1n) is 14.2. The third-order valence-electron chi connectivity index (χ3n) is 7.46. The first-order valence-corrected chi connectivity index (χ1v) is 17.9. The number of unbranched alkanes of at least 4 members (excludes halogenated alkanes) is 1. The predicted molar refractivity (Wildman–Crippen MR) is 181 cm³/mol. The van der Waals surface area contributed by atoms with Crippen LogP contribution in [0.3, 0.4) is 0 Å². The van der Waals surface area contributed by atoms with Crippen molar-refractivity contribution in [2.75, 3.05) is 27.5 Å². The highest BCUT2D eigenvalue weighted by Gasteiger charge is 2.40. The number of ketones is 2. The Morgan fingerprint density at radius 1 is 0.696 bits per heavy atom. The Morgan fingerprint density at radius 3 is 1.61 bits per heavy atom. The summed E-state index contributed by atoms with van der Waals surface area (Å²) in [6.45, 7) is 5.76. The Hall–Kier alpha value is -4.40. The molecule has 0 aromatic heterocycles. The highest BCUT2D eigenvalue weighted by molar-refractivity contribution is 9.10. The van der Waals surface area contributed by atoms with E-state index in [1.807, 2.05) is 6.92 Å². The van der Waals surface area contributed by atoms with Gasteiger partial charge in [-0.1, -0.05) is 48.7 Å². The summed E-state index contributed by atoms with van der Waals surface area (Å²) in [5, 5.41) is 0. The fourth-order valence-corrected chi connectivity index (χ4v) is 7.53. The molecule has 1 aliphatic rings. The lowest BCUT2D eigenvalue weighted by molar-refractivity contribution is 0.0981. The molecule has 0 fully saturated rings. The average Bonchev–Trinajstić information content (AvgIpc) is 2.99. The fraction of sp³-hybridized carbons (Fsp3) is 0.188. The molecular formula is C32H31BrN4O7S2. The normalized spacial score (nSPS) is 12.8. The van der Waals surface area contributed by atoms with E-state index in [-0.39, 0.29) is 71.6 Å². The van der Waals surface area contributed by atoms with Crippen LogP contribution in [-0.4, -0.2) is 35.0 Å². The van der Waals surface area contributed by atoms with Gasteiger partial charge in [0.25, 0.3) is 20.0 Å². The molecule has 0 aliphatic heterocycles. The number of nitrogens with one attached hydrogen (secondary N) is 2. The molecule has 5 rings (SSSR count). The third-order valence-corrected chi connectivity index (χ3v) is 10.9. The lowest BCUT2D eigenvalue weighted by Gasteiger charge is -2.27. The lowest BCUT2D eigenvalue weighted by atomic mass is 9.80. The quantitative estimate of drug-likeness (QED) is 0.102. The molecule has 0 saturated heterocycles. The monoisotopic (exact) mass is 726 g/mol. The number of ether oxygens (including phenoxy) is 1. The standard InChI is InChI=1S/C32H31BrN4O7S2/c1-4-5-14-44-24-16-23(37-46(42,43)20-12-8-18(3)9-13-20)26-28(30(24)35)32(39)27-25(31(26)38)22(15-21(33)29(27)34)36-45(40,41)19-10-6-17(2)7-11-19/h6-13,15-16,36-37H,4-5,14,34-35H2,1-3H3. The summed E-state index contributed by atoms with van der Waals surface area (Å²) in [7, 11) is -8.53. The summed E-state index contributed by atoms with van der Waals surface area (Å²) in [5.41, 5.74) is 12.2. The zero-order valence-corrected chi connectivity index (χ0v) is 28.3. The number of hydrogen-bond acceptors (Lipinski definition) is 9. The van der Waals surface area contributed by atoms with Crippen molar-refractivity contribution >= 4 is 70.3 Å². The molecular weight excluding hydrogens is 696 g/mol.